The standard InChI is InChI=1S/C26H41N5O5/c1-25(2,3)20(29-24(36)30-26(4,5)6)23(35)31-13-15-10-11-16(15)18(31)22(34)28-17(19(32)21(27)33)12-14-8-7-9-14/h10-11,14-18,20H,7-9,12-13H2,1-6H3,(H2,27,33)(H,28,34)(H2,29,30,36)/t15?,16-,17?,18-,20+/m0/s1. The second-order valence-corrected chi connectivity index (χ2v) is 12.5. The summed E-state index contributed by atoms with van der Waals surface area (Å²) in [6.07, 6.45) is 7.15. The van der Waals surface area contributed by atoms with E-state index in [1.54, 1.807) is 0 Å². The fourth-order valence-electron chi connectivity index (χ4n) is 5.05. The number of amides is 5. The average Bonchev–Trinajstić information content (AvgIpc) is 2.94. The highest BCUT2D eigenvalue weighted by atomic mass is 16.2. The summed E-state index contributed by atoms with van der Waals surface area (Å²) in [4.78, 5) is 65.6. The van der Waals surface area contributed by atoms with E-state index in [1.165, 1.54) is 4.90 Å². The molecule has 1 heterocycles. The van der Waals surface area contributed by atoms with Crippen molar-refractivity contribution in [2.45, 2.75) is 90.9 Å². The molecule has 0 spiro atoms. The van der Waals surface area contributed by atoms with Crippen molar-refractivity contribution in [1.29, 1.82) is 0 Å². The topological polar surface area (TPSA) is 151 Å². The van der Waals surface area contributed by atoms with Crippen molar-refractivity contribution in [3.63, 3.8) is 0 Å². The molecule has 2 aliphatic carbocycles. The summed E-state index contributed by atoms with van der Waals surface area (Å²) < 4.78 is 0. The van der Waals surface area contributed by atoms with Gasteiger partial charge in [-0.2, -0.15) is 0 Å². The van der Waals surface area contributed by atoms with Gasteiger partial charge in [-0.05, 0) is 38.5 Å². The second-order valence-electron chi connectivity index (χ2n) is 12.5. The molecule has 2 unspecified atom stereocenters. The Morgan fingerprint density at radius 1 is 1.00 bits per heavy atom. The fraction of sp³-hybridized carbons (Fsp3) is 0.731. The summed E-state index contributed by atoms with van der Waals surface area (Å²) in [5, 5.41) is 8.36. The van der Waals surface area contributed by atoms with Crippen molar-refractivity contribution < 1.29 is 24.0 Å². The molecule has 0 aromatic carbocycles. The first-order chi connectivity index (χ1) is 16.6. The Morgan fingerprint density at radius 2 is 1.64 bits per heavy atom. The van der Waals surface area contributed by atoms with Gasteiger partial charge in [-0.1, -0.05) is 52.2 Å². The van der Waals surface area contributed by atoms with Gasteiger partial charge in [0.15, 0.2) is 0 Å². The maximum Gasteiger partial charge on any atom is 0.315 e. The molecule has 1 saturated carbocycles. The molecule has 0 aromatic heterocycles. The molecule has 2 fully saturated rings. The third-order valence-electron chi connectivity index (χ3n) is 7.28. The van der Waals surface area contributed by atoms with Crippen LogP contribution < -0.4 is 21.7 Å². The number of primary amides is 1. The molecule has 0 bridgehead atoms. The van der Waals surface area contributed by atoms with Gasteiger partial charge in [0.1, 0.15) is 12.1 Å². The Morgan fingerprint density at radius 3 is 2.08 bits per heavy atom. The zero-order valence-corrected chi connectivity index (χ0v) is 22.2. The van der Waals surface area contributed by atoms with Crippen LogP contribution >= 0.6 is 0 Å². The third kappa shape index (κ3) is 6.25. The highest BCUT2D eigenvalue weighted by molar-refractivity contribution is 6.37. The monoisotopic (exact) mass is 503 g/mol. The van der Waals surface area contributed by atoms with Crippen LogP contribution in [-0.2, 0) is 19.2 Å². The molecule has 36 heavy (non-hydrogen) atoms. The van der Waals surface area contributed by atoms with Crippen LogP contribution in [0, 0.1) is 23.2 Å². The number of fused-ring (bicyclic) bond motifs is 1. The van der Waals surface area contributed by atoms with E-state index in [4.69, 9.17) is 5.73 Å². The summed E-state index contributed by atoms with van der Waals surface area (Å²) in [5.41, 5.74) is 4.14. The highest BCUT2D eigenvalue weighted by Crippen LogP contribution is 2.40. The van der Waals surface area contributed by atoms with Crippen molar-refractivity contribution in [2.75, 3.05) is 6.54 Å². The van der Waals surface area contributed by atoms with E-state index in [2.05, 4.69) is 16.0 Å². The molecular weight excluding hydrogens is 462 g/mol. The number of Topliss-reactive ketones (excluding diaryl/α,β-unsaturated/α-hetero) is 1. The van der Waals surface area contributed by atoms with Crippen molar-refractivity contribution in [1.82, 2.24) is 20.9 Å². The summed E-state index contributed by atoms with van der Waals surface area (Å²) in [5.74, 6) is -2.66. The lowest BCUT2D eigenvalue weighted by Gasteiger charge is -2.37. The zero-order valence-electron chi connectivity index (χ0n) is 22.2. The molecule has 0 aromatic rings. The van der Waals surface area contributed by atoms with Gasteiger partial charge in [0.25, 0.3) is 5.91 Å². The molecule has 5 amide bonds. The van der Waals surface area contributed by atoms with Crippen molar-refractivity contribution >= 4 is 29.5 Å². The van der Waals surface area contributed by atoms with Gasteiger partial charge in [0.05, 0.1) is 6.04 Å². The van der Waals surface area contributed by atoms with Crippen LogP contribution in [0.25, 0.3) is 0 Å². The molecule has 10 heteroatoms. The lowest BCUT2D eigenvalue weighted by molar-refractivity contribution is -0.144. The van der Waals surface area contributed by atoms with Gasteiger partial charge in [-0.3, -0.25) is 19.2 Å². The summed E-state index contributed by atoms with van der Waals surface area (Å²) in [6.45, 7) is 11.4. The predicted molar refractivity (Wildman–Crippen MR) is 134 cm³/mol. The molecule has 1 saturated heterocycles. The Hall–Kier alpha value is -2.91. The minimum atomic E-state index is -1.08. The first-order valence-corrected chi connectivity index (χ1v) is 12.8. The maximum atomic E-state index is 13.8. The van der Waals surface area contributed by atoms with Crippen LogP contribution in [-0.4, -0.2) is 64.6 Å². The van der Waals surface area contributed by atoms with E-state index >= 15 is 0 Å². The quantitative estimate of drug-likeness (QED) is 0.290. The zero-order chi connectivity index (χ0) is 27.0. The average molecular weight is 504 g/mol. The van der Waals surface area contributed by atoms with E-state index in [9.17, 15) is 24.0 Å². The van der Waals surface area contributed by atoms with Gasteiger partial charge >= 0.3 is 6.03 Å². The van der Waals surface area contributed by atoms with Gasteiger partial charge in [-0.25, -0.2) is 4.79 Å². The van der Waals surface area contributed by atoms with Crippen molar-refractivity contribution in [3.8, 4) is 0 Å². The molecule has 0 radical (unpaired) electrons. The van der Waals surface area contributed by atoms with Gasteiger partial charge in [0, 0.05) is 23.9 Å². The lowest BCUT2D eigenvalue weighted by Crippen LogP contribution is -2.61. The number of urea groups is 1. The smallest absolute Gasteiger partial charge is 0.315 e. The Balaban J connectivity index is 1.80. The van der Waals surface area contributed by atoms with Gasteiger partial charge < -0.3 is 26.6 Å². The highest BCUT2D eigenvalue weighted by Gasteiger charge is 2.52. The van der Waals surface area contributed by atoms with Crippen LogP contribution in [0.15, 0.2) is 12.2 Å². The van der Waals surface area contributed by atoms with Gasteiger partial charge in [0.2, 0.25) is 17.6 Å². The lowest BCUT2D eigenvalue weighted by atomic mass is 9.79. The molecule has 10 nitrogen and oxygen atoms in total. The van der Waals surface area contributed by atoms with E-state index < -0.39 is 52.7 Å². The van der Waals surface area contributed by atoms with Gasteiger partial charge in [-0.15, -0.1) is 0 Å². The number of rotatable bonds is 8. The number of hydrogen-bond donors (Lipinski definition) is 4. The van der Waals surface area contributed by atoms with Crippen LogP contribution in [0.1, 0.15) is 67.2 Å². The molecule has 1 aliphatic heterocycles. The molecule has 5 N–H and O–H groups in total. The first kappa shape index (κ1) is 27.7. The van der Waals surface area contributed by atoms with Crippen LogP contribution in [0.2, 0.25) is 0 Å². The minimum absolute atomic E-state index is 0.0191. The SMILES string of the molecule is CC(C)(C)NC(=O)N[C@H](C(=O)N1CC2C=C[C@@H]2[C@H]1C(=O)NC(CC1CCC1)C(=O)C(N)=O)C(C)(C)C. The molecule has 5 atom stereocenters. The number of carbonyl (C=O) groups is 5. The Kier molecular flexibility index (Phi) is 7.86. The van der Waals surface area contributed by atoms with Crippen molar-refractivity contribution in [2.24, 2.45) is 28.9 Å². The second kappa shape index (κ2) is 10.2. The first-order valence-electron chi connectivity index (χ1n) is 12.8. The van der Waals surface area contributed by atoms with E-state index in [0.717, 1.165) is 19.3 Å². The van der Waals surface area contributed by atoms with E-state index in [0.29, 0.717) is 13.0 Å². The number of ketones is 1. The summed E-state index contributed by atoms with van der Waals surface area (Å²) in [7, 11) is 0. The number of nitrogens with zero attached hydrogens (tertiary/aromatic N) is 1. The third-order valence-corrected chi connectivity index (χ3v) is 7.28. The summed E-state index contributed by atoms with van der Waals surface area (Å²) in [6, 6.07) is -3.20. The molecule has 200 valence electrons. The number of carbonyl (C=O) groups excluding carboxylic acids is 5. The number of hydrogen-bond acceptors (Lipinski definition) is 5. The van der Waals surface area contributed by atoms with Crippen LogP contribution in [0.4, 0.5) is 4.79 Å². The van der Waals surface area contributed by atoms with Crippen LogP contribution in [0.3, 0.4) is 0 Å². The van der Waals surface area contributed by atoms with Crippen LogP contribution in [0.5, 0.6) is 0 Å². The summed E-state index contributed by atoms with van der Waals surface area (Å²) >= 11 is 0. The molecular formula is C26H41N5O5. The van der Waals surface area contributed by atoms with E-state index in [-0.39, 0.29) is 23.7 Å². The normalized spacial score (nSPS) is 25.1. The molecule has 3 aliphatic rings. The number of nitrogens with two attached hydrogens (primary N) is 1. The fourth-order valence-corrected chi connectivity index (χ4v) is 5.05. The van der Waals surface area contributed by atoms with Crippen molar-refractivity contribution in [3.05, 3.63) is 12.2 Å². The Labute approximate surface area is 213 Å². The Bertz CT molecular complexity index is 943. The predicted octanol–water partition coefficient (Wildman–Crippen LogP) is 1.24. The minimum Gasteiger partial charge on any atom is -0.363 e. The maximum absolute atomic E-state index is 13.8. The number of likely N-dealkylation sites (tertiary alicyclic amines) is 1. The molecule has 3 rings (SSSR count). The van der Waals surface area contributed by atoms with E-state index in [1.807, 2.05) is 53.7 Å². The largest absolute Gasteiger partial charge is 0.363 e. The number of nitrogens with one attached hydrogen (secondary N) is 3.